The number of nitrogens with one attached hydrogen (secondary N) is 1. The van der Waals surface area contributed by atoms with Crippen LogP contribution in [0.3, 0.4) is 0 Å². The van der Waals surface area contributed by atoms with Crippen molar-refractivity contribution in [1.29, 1.82) is 0 Å². The number of aromatic nitrogens is 1. The number of nitrogens with zero attached hydrogens (tertiary/aromatic N) is 1. The topological polar surface area (TPSA) is 52.6 Å². The summed E-state index contributed by atoms with van der Waals surface area (Å²) in [7, 11) is 1.89. The standard InChI is InChI=1S/C15H15BrN2O3/c1-17-6-11-5-12(16)7-18-15(11)19-8-10-2-3-13-14(4-10)21-9-20-13/h2-5,7,17H,6,8-9H2,1H3. The van der Waals surface area contributed by atoms with Crippen LogP contribution in [0.4, 0.5) is 0 Å². The van der Waals surface area contributed by atoms with Crippen molar-refractivity contribution >= 4 is 15.9 Å². The number of pyridine rings is 1. The molecule has 1 N–H and O–H groups in total. The predicted molar refractivity (Wildman–Crippen MR) is 81.6 cm³/mol. The third-order valence-corrected chi connectivity index (χ3v) is 3.51. The Kier molecular flexibility index (Phi) is 4.26. The van der Waals surface area contributed by atoms with E-state index >= 15 is 0 Å². The first kappa shape index (κ1) is 14.2. The summed E-state index contributed by atoms with van der Waals surface area (Å²) in [4.78, 5) is 4.32. The quantitative estimate of drug-likeness (QED) is 0.898. The molecule has 3 rings (SSSR count). The second kappa shape index (κ2) is 6.32. The molecule has 21 heavy (non-hydrogen) atoms. The Bertz CT molecular complexity index is 649. The Balaban J connectivity index is 1.72. The molecule has 0 bridgehead atoms. The zero-order valence-corrected chi connectivity index (χ0v) is 13.1. The minimum atomic E-state index is 0.278. The fraction of sp³-hybridized carbons (Fsp3) is 0.267. The van der Waals surface area contributed by atoms with E-state index in [0.29, 0.717) is 19.0 Å². The highest BCUT2D eigenvalue weighted by atomic mass is 79.9. The Morgan fingerprint density at radius 1 is 1.29 bits per heavy atom. The van der Waals surface area contributed by atoms with E-state index in [9.17, 15) is 0 Å². The van der Waals surface area contributed by atoms with Gasteiger partial charge in [0, 0.05) is 22.8 Å². The van der Waals surface area contributed by atoms with E-state index < -0.39 is 0 Å². The van der Waals surface area contributed by atoms with Gasteiger partial charge in [-0.05, 0) is 46.7 Å². The summed E-state index contributed by atoms with van der Waals surface area (Å²) < 4.78 is 17.4. The number of halogens is 1. The number of ether oxygens (including phenoxy) is 3. The lowest BCUT2D eigenvalue weighted by Crippen LogP contribution is -2.08. The highest BCUT2D eigenvalue weighted by molar-refractivity contribution is 9.10. The summed E-state index contributed by atoms with van der Waals surface area (Å²) in [6.07, 6.45) is 1.73. The summed E-state index contributed by atoms with van der Waals surface area (Å²) in [5, 5.41) is 3.11. The van der Waals surface area contributed by atoms with Crippen molar-refractivity contribution in [1.82, 2.24) is 10.3 Å². The van der Waals surface area contributed by atoms with E-state index in [0.717, 1.165) is 27.1 Å². The summed E-state index contributed by atoms with van der Waals surface area (Å²) in [5.74, 6) is 2.16. The summed E-state index contributed by atoms with van der Waals surface area (Å²) in [5.41, 5.74) is 2.02. The van der Waals surface area contributed by atoms with Crippen molar-refractivity contribution in [2.24, 2.45) is 0 Å². The first-order valence-corrected chi connectivity index (χ1v) is 7.36. The molecule has 0 saturated heterocycles. The van der Waals surface area contributed by atoms with Gasteiger partial charge in [-0.3, -0.25) is 0 Å². The Hall–Kier alpha value is -1.79. The van der Waals surface area contributed by atoms with Crippen LogP contribution in [-0.2, 0) is 13.2 Å². The monoisotopic (exact) mass is 350 g/mol. The van der Waals surface area contributed by atoms with E-state index in [1.54, 1.807) is 6.20 Å². The maximum atomic E-state index is 5.82. The summed E-state index contributed by atoms with van der Waals surface area (Å²) in [6, 6.07) is 7.78. The highest BCUT2D eigenvalue weighted by Gasteiger charge is 2.14. The van der Waals surface area contributed by atoms with Crippen molar-refractivity contribution in [3.05, 3.63) is 46.1 Å². The highest BCUT2D eigenvalue weighted by Crippen LogP contribution is 2.32. The smallest absolute Gasteiger partial charge is 0.231 e. The van der Waals surface area contributed by atoms with E-state index in [1.165, 1.54) is 0 Å². The van der Waals surface area contributed by atoms with E-state index in [-0.39, 0.29) is 6.79 Å². The molecule has 110 valence electrons. The lowest BCUT2D eigenvalue weighted by Gasteiger charge is -2.11. The van der Waals surface area contributed by atoms with Crippen LogP contribution < -0.4 is 19.5 Å². The maximum Gasteiger partial charge on any atom is 0.231 e. The zero-order valence-electron chi connectivity index (χ0n) is 11.6. The first-order chi connectivity index (χ1) is 10.3. The third-order valence-electron chi connectivity index (χ3n) is 3.07. The van der Waals surface area contributed by atoms with Gasteiger partial charge in [0.1, 0.15) is 6.61 Å². The van der Waals surface area contributed by atoms with Gasteiger partial charge in [-0.2, -0.15) is 0 Å². The van der Waals surface area contributed by atoms with E-state index in [4.69, 9.17) is 14.2 Å². The van der Waals surface area contributed by atoms with Crippen molar-refractivity contribution in [2.45, 2.75) is 13.2 Å². The van der Waals surface area contributed by atoms with Crippen molar-refractivity contribution in [2.75, 3.05) is 13.8 Å². The van der Waals surface area contributed by atoms with Gasteiger partial charge in [0.15, 0.2) is 11.5 Å². The minimum Gasteiger partial charge on any atom is -0.473 e. The first-order valence-electron chi connectivity index (χ1n) is 6.56. The van der Waals surface area contributed by atoms with Gasteiger partial charge in [-0.15, -0.1) is 0 Å². The van der Waals surface area contributed by atoms with Gasteiger partial charge in [0.2, 0.25) is 12.7 Å². The molecule has 1 aliphatic heterocycles. The van der Waals surface area contributed by atoms with Crippen LogP contribution in [0.2, 0.25) is 0 Å². The number of fused-ring (bicyclic) bond motifs is 1. The van der Waals surface area contributed by atoms with Crippen LogP contribution in [0.5, 0.6) is 17.4 Å². The molecule has 5 nitrogen and oxygen atoms in total. The molecule has 2 heterocycles. The Morgan fingerprint density at radius 3 is 3.00 bits per heavy atom. The lowest BCUT2D eigenvalue weighted by molar-refractivity contribution is 0.174. The second-order valence-electron chi connectivity index (χ2n) is 4.62. The molecule has 0 aliphatic carbocycles. The van der Waals surface area contributed by atoms with E-state index in [1.807, 2.05) is 31.3 Å². The molecule has 0 spiro atoms. The molecule has 0 unspecified atom stereocenters. The average Bonchev–Trinajstić information content (AvgIpc) is 2.94. The molecule has 0 fully saturated rings. The molecule has 0 amide bonds. The second-order valence-corrected chi connectivity index (χ2v) is 5.54. The molecule has 0 radical (unpaired) electrons. The molecule has 0 saturated carbocycles. The Labute approximate surface area is 131 Å². The largest absolute Gasteiger partial charge is 0.473 e. The molecular formula is C15H15BrN2O3. The zero-order chi connectivity index (χ0) is 14.7. The number of rotatable bonds is 5. The maximum absolute atomic E-state index is 5.82. The van der Waals surface area contributed by atoms with Gasteiger partial charge >= 0.3 is 0 Å². The van der Waals surface area contributed by atoms with Crippen LogP contribution >= 0.6 is 15.9 Å². The van der Waals surface area contributed by atoms with Gasteiger partial charge in [0.25, 0.3) is 0 Å². The van der Waals surface area contributed by atoms with Crippen LogP contribution in [0, 0.1) is 0 Å². The number of hydrogen-bond acceptors (Lipinski definition) is 5. The summed E-state index contributed by atoms with van der Waals surface area (Å²) in [6.45, 7) is 1.41. The van der Waals surface area contributed by atoms with Crippen LogP contribution in [0.25, 0.3) is 0 Å². The van der Waals surface area contributed by atoms with Crippen LogP contribution in [0.15, 0.2) is 34.9 Å². The molecule has 1 aromatic carbocycles. The Morgan fingerprint density at radius 2 is 2.14 bits per heavy atom. The minimum absolute atomic E-state index is 0.278. The fourth-order valence-electron chi connectivity index (χ4n) is 2.10. The number of benzene rings is 1. The SMILES string of the molecule is CNCc1cc(Br)cnc1OCc1ccc2c(c1)OCO2. The lowest BCUT2D eigenvalue weighted by atomic mass is 10.2. The van der Waals surface area contributed by atoms with Gasteiger partial charge in [-0.1, -0.05) is 6.07 Å². The van der Waals surface area contributed by atoms with Crippen molar-refractivity contribution < 1.29 is 14.2 Å². The van der Waals surface area contributed by atoms with Gasteiger partial charge in [-0.25, -0.2) is 4.98 Å². The molecule has 6 heteroatoms. The molecular weight excluding hydrogens is 336 g/mol. The van der Waals surface area contributed by atoms with Crippen LogP contribution in [0.1, 0.15) is 11.1 Å². The van der Waals surface area contributed by atoms with Gasteiger partial charge < -0.3 is 19.5 Å². The predicted octanol–water partition coefficient (Wildman–Crippen LogP) is 2.87. The molecule has 2 aromatic rings. The van der Waals surface area contributed by atoms with Crippen LogP contribution in [-0.4, -0.2) is 18.8 Å². The van der Waals surface area contributed by atoms with E-state index in [2.05, 4.69) is 26.2 Å². The number of hydrogen-bond donors (Lipinski definition) is 1. The molecule has 1 aliphatic rings. The van der Waals surface area contributed by atoms with Gasteiger partial charge in [0.05, 0.1) is 0 Å². The van der Waals surface area contributed by atoms with Crippen molar-refractivity contribution in [3.63, 3.8) is 0 Å². The molecule has 0 atom stereocenters. The third kappa shape index (κ3) is 3.28. The summed E-state index contributed by atoms with van der Waals surface area (Å²) >= 11 is 3.42. The average molecular weight is 351 g/mol. The molecule has 1 aromatic heterocycles. The normalized spacial score (nSPS) is 12.5. The fourth-order valence-corrected chi connectivity index (χ4v) is 2.48. The van der Waals surface area contributed by atoms with Crippen molar-refractivity contribution in [3.8, 4) is 17.4 Å².